The Morgan fingerprint density at radius 3 is 2.15 bits per heavy atom. The van der Waals surface area contributed by atoms with Crippen molar-refractivity contribution in [1.82, 2.24) is 0 Å². The van der Waals surface area contributed by atoms with Crippen LogP contribution in [0.5, 0.6) is 0 Å². The van der Waals surface area contributed by atoms with Crippen molar-refractivity contribution in [2.45, 2.75) is 122 Å². The summed E-state index contributed by atoms with van der Waals surface area (Å²) in [5.74, 6) is 0.402. The van der Waals surface area contributed by atoms with Gasteiger partial charge in [0, 0.05) is 0 Å². The molecule has 0 aliphatic heterocycles. The van der Waals surface area contributed by atoms with Gasteiger partial charge in [0.15, 0.2) is 0 Å². The molecule has 0 N–H and O–H groups in total. The van der Waals surface area contributed by atoms with Crippen molar-refractivity contribution in [2.75, 3.05) is 0 Å². The van der Waals surface area contributed by atoms with Gasteiger partial charge in [0.1, 0.15) is 0 Å². The van der Waals surface area contributed by atoms with E-state index >= 15 is 0 Å². The van der Waals surface area contributed by atoms with Gasteiger partial charge in [0.25, 0.3) is 0 Å². The first-order valence-electron chi connectivity index (χ1n) is 11.4. The molecule has 0 aromatic carbocycles. The van der Waals surface area contributed by atoms with E-state index in [0.29, 0.717) is 25.6 Å². The van der Waals surface area contributed by atoms with E-state index in [9.17, 15) is 4.79 Å². The molecule has 0 saturated carbocycles. The van der Waals surface area contributed by atoms with Crippen LogP contribution in [0.25, 0.3) is 0 Å². The Hall–Kier alpha value is -0.331. The Labute approximate surface area is 176 Å². The number of allylic oxidation sites excluding steroid dienone is 4. The number of hydrogen-bond donors (Lipinski definition) is 0. The molecule has 0 saturated heterocycles. The van der Waals surface area contributed by atoms with E-state index in [0.717, 1.165) is 18.4 Å². The Balaban J connectivity index is 2.11. The summed E-state index contributed by atoms with van der Waals surface area (Å²) in [4.78, 5) is 13.4. The summed E-state index contributed by atoms with van der Waals surface area (Å²) in [7, 11) is 0. The standard InChI is InChI=1S/C25H44OSe/c1-6-7-8-9-10-11-12-13-14-15-19-27-22(3)20-23(26)24-21(2)17-16-18-25(24,4)5/h16-17,22H,6-15,18-20H2,1-5H3. The molecule has 0 fully saturated rings. The first-order valence-corrected chi connectivity index (χ1v) is 13.6. The summed E-state index contributed by atoms with van der Waals surface area (Å²) in [6, 6.07) is 0. The fourth-order valence-corrected chi connectivity index (χ4v) is 6.33. The molecule has 0 radical (unpaired) electrons. The second-order valence-electron chi connectivity index (χ2n) is 9.04. The number of carbonyl (C=O) groups is 1. The number of Topliss-reactive ketones (excluding diaryl/α,β-unsaturated/α-hetero) is 1. The van der Waals surface area contributed by atoms with Crippen LogP contribution in [0.2, 0.25) is 10.1 Å². The molecule has 1 nitrogen and oxygen atoms in total. The summed E-state index contributed by atoms with van der Waals surface area (Å²) < 4.78 is 0. The van der Waals surface area contributed by atoms with E-state index in [1.54, 1.807) is 0 Å². The van der Waals surface area contributed by atoms with Gasteiger partial charge in [0.05, 0.1) is 0 Å². The molecule has 1 aliphatic carbocycles. The van der Waals surface area contributed by atoms with Gasteiger partial charge in [-0.05, 0) is 0 Å². The van der Waals surface area contributed by atoms with Crippen LogP contribution in [0.4, 0.5) is 0 Å². The maximum atomic E-state index is 12.9. The van der Waals surface area contributed by atoms with Gasteiger partial charge in [-0.1, -0.05) is 0 Å². The van der Waals surface area contributed by atoms with E-state index < -0.39 is 0 Å². The minimum atomic E-state index is 0.0131. The molecule has 2 heteroatoms. The average molecular weight is 440 g/mol. The second-order valence-corrected chi connectivity index (χ2v) is 12.3. The van der Waals surface area contributed by atoms with E-state index in [1.807, 2.05) is 0 Å². The molecule has 0 bridgehead atoms. The fraction of sp³-hybridized carbons (Fsp3) is 0.800. The van der Waals surface area contributed by atoms with Gasteiger partial charge in [-0.2, -0.15) is 0 Å². The van der Waals surface area contributed by atoms with Crippen molar-refractivity contribution in [2.24, 2.45) is 5.41 Å². The molecule has 156 valence electrons. The zero-order valence-corrected chi connectivity index (χ0v) is 20.5. The van der Waals surface area contributed by atoms with Crippen LogP contribution in [0.1, 0.15) is 112 Å². The molecule has 1 unspecified atom stereocenters. The van der Waals surface area contributed by atoms with Crippen molar-refractivity contribution in [3.8, 4) is 0 Å². The molecule has 1 atom stereocenters. The first-order chi connectivity index (χ1) is 12.9. The third-order valence-corrected chi connectivity index (χ3v) is 8.36. The van der Waals surface area contributed by atoms with Crippen molar-refractivity contribution in [3.05, 3.63) is 23.3 Å². The number of carbonyl (C=O) groups excluding carboxylic acids is 1. The molecular formula is C25H44OSe. The predicted octanol–water partition coefficient (Wildman–Crippen LogP) is 8.10. The third-order valence-electron chi connectivity index (χ3n) is 5.72. The molecule has 1 rings (SSSR count). The third kappa shape index (κ3) is 10.1. The Kier molecular flexibility index (Phi) is 12.6. The summed E-state index contributed by atoms with van der Waals surface area (Å²) >= 11 is 0.610. The first kappa shape index (κ1) is 24.7. The minimum absolute atomic E-state index is 0.0131. The van der Waals surface area contributed by atoms with Crippen LogP contribution in [0.15, 0.2) is 23.3 Å². The van der Waals surface area contributed by atoms with E-state index in [-0.39, 0.29) is 5.41 Å². The van der Waals surface area contributed by atoms with Gasteiger partial charge >= 0.3 is 176 Å². The molecule has 0 spiro atoms. The molecule has 1 aliphatic rings. The average Bonchev–Trinajstić information content (AvgIpc) is 2.58. The van der Waals surface area contributed by atoms with Gasteiger partial charge in [-0.3, -0.25) is 0 Å². The van der Waals surface area contributed by atoms with Gasteiger partial charge in [-0.15, -0.1) is 0 Å². The normalized spacial score (nSPS) is 17.4. The maximum absolute atomic E-state index is 12.9. The topological polar surface area (TPSA) is 17.1 Å². The Morgan fingerprint density at radius 1 is 1.04 bits per heavy atom. The quantitative estimate of drug-likeness (QED) is 0.186. The summed E-state index contributed by atoms with van der Waals surface area (Å²) in [5, 5.41) is 1.35. The Bertz CT molecular complexity index is 487. The van der Waals surface area contributed by atoms with Crippen LogP contribution in [0, 0.1) is 5.41 Å². The number of hydrogen-bond acceptors (Lipinski definition) is 1. The number of ketones is 1. The van der Waals surface area contributed by atoms with E-state index in [4.69, 9.17) is 0 Å². The molecule has 27 heavy (non-hydrogen) atoms. The number of unbranched alkanes of at least 4 members (excludes halogenated alkanes) is 9. The Morgan fingerprint density at radius 2 is 1.59 bits per heavy atom. The van der Waals surface area contributed by atoms with Crippen LogP contribution in [-0.4, -0.2) is 20.7 Å². The SMILES string of the molecule is CCCCCCCCCCCC[Se]C(C)CC(=O)C1=C(C)C=CCC1(C)C. The van der Waals surface area contributed by atoms with Crippen LogP contribution < -0.4 is 0 Å². The molecule has 0 heterocycles. The van der Waals surface area contributed by atoms with Crippen molar-refractivity contribution < 1.29 is 4.79 Å². The van der Waals surface area contributed by atoms with Crippen LogP contribution in [-0.2, 0) is 4.79 Å². The van der Waals surface area contributed by atoms with Gasteiger partial charge in [0.2, 0.25) is 0 Å². The summed E-state index contributed by atoms with van der Waals surface area (Å²) in [5.41, 5.74) is 2.29. The van der Waals surface area contributed by atoms with Gasteiger partial charge < -0.3 is 0 Å². The molecular weight excluding hydrogens is 395 g/mol. The van der Waals surface area contributed by atoms with Crippen LogP contribution in [0.3, 0.4) is 0 Å². The molecule has 0 aromatic heterocycles. The second kappa shape index (κ2) is 13.8. The molecule has 0 amide bonds. The van der Waals surface area contributed by atoms with Crippen molar-refractivity contribution >= 4 is 20.7 Å². The zero-order valence-electron chi connectivity index (χ0n) is 18.7. The van der Waals surface area contributed by atoms with Crippen molar-refractivity contribution in [3.63, 3.8) is 0 Å². The van der Waals surface area contributed by atoms with Crippen LogP contribution >= 0.6 is 0 Å². The van der Waals surface area contributed by atoms with E-state index in [1.165, 1.54) is 75.1 Å². The van der Waals surface area contributed by atoms with Gasteiger partial charge in [-0.25, -0.2) is 0 Å². The van der Waals surface area contributed by atoms with Crippen molar-refractivity contribution in [1.29, 1.82) is 0 Å². The molecule has 0 aromatic rings. The fourth-order valence-electron chi connectivity index (χ4n) is 4.14. The summed E-state index contributed by atoms with van der Waals surface area (Å²) in [6.07, 6.45) is 20.2. The predicted molar refractivity (Wildman–Crippen MR) is 122 cm³/mol. The zero-order chi connectivity index (χ0) is 20.1. The summed E-state index contributed by atoms with van der Waals surface area (Å²) in [6.45, 7) is 11.1. The monoisotopic (exact) mass is 440 g/mol. The number of rotatable bonds is 15. The van der Waals surface area contributed by atoms with E-state index in [2.05, 4.69) is 46.8 Å².